The third-order valence-corrected chi connectivity index (χ3v) is 4.41. The van der Waals surface area contributed by atoms with Crippen molar-refractivity contribution in [2.45, 2.75) is 45.8 Å². The van der Waals surface area contributed by atoms with Crippen LogP contribution in [-0.4, -0.2) is 49.6 Å². The lowest BCUT2D eigenvalue weighted by Crippen LogP contribution is -2.53. The van der Waals surface area contributed by atoms with E-state index < -0.39 is 18.0 Å². The van der Waals surface area contributed by atoms with Crippen molar-refractivity contribution in [2.24, 2.45) is 0 Å². The molecule has 0 aliphatic carbocycles. The van der Waals surface area contributed by atoms with Gasteiger partial charge in [0.15, 0.2) is 6.10 Å². The fourth-order valence-electron chi connectivity index (χ4n) is 2.92. The van der Waals surface area contributed by atoms with Crippen LogP contribution in [0.3, 0.4) is 0 Å². The molecule has 148 valence electrons. The van der Waals surface area contributed by atoms with Crippen LogP contribution in [0.25, 0.3) is 0 Å². The fraction of sp³-hybridized carbons (Fsp3) is 0.526. The zero-order valence-corrected chi connectivity index (χ0v) is 16.1. The van der Waals surface area contributed by atoms with Gasteiger partial charge in [-0.25, -0.2) is 4.79 Å². The van der Waals surface area contributed by atoms with Crippen LogP contribution < -0.4 is 25.6 Å². The van der Waals surface area contributed by atoms with E-state index in [2.05, 4.69) is 16.0 Å². The zero-order chi connectivity index (χ0) is 19.8. The molecule has 1 atom stereocenters. The van der Waals surface area contributed by atoms with Crippen LogP contribution in [-0.2, 0) is 9.59 Å². The third-order valence-electron chi connectivity index (χ3n) is 4.41. The molecule has 4 amide bonds. The summed E-state index contributed by atoms with van der Waals surface area (Å²) in [5.74, 6) is -0.108. The summed E-state index contributed by atoms with van der Waals surface area (Å²) in [7, 11) is 0. The molecule has 0 spiro atoms. The Bertz CT molecular complexity index is 675. The molecule has 1 unspecified atom stereocenters. The van der Waals surface area contributed by atoms with E-state index in [1.54, 1.807) is 17.9 Å². The van der Waals surface area contributed by atoms with Gasteiger partial charge in [-0.2, -0.15) is 0 Å². The van der Waals surface area contributed by atoms with Crippen molar-refractivity contribution >= 4 is 23.5 Å². The molecule has 0 fully saturated rings. The summed E-state index contributed by atoms with van der Waals surface area (Å²) in [5.41, 5.74) is 0.718. The summed E-state index contributed by atoms with van der Waals surface area (Å²) in [5, 5.41) is 7.78. The van der Waals surface area contributed by atoms with E-state index in [1.165, 1.54) is 0 Å². The number of anilines is 1. The van der Waals surface area contributed by atoms with Crippen LogP contribution >= 0.6 is 0 Å². The second-order valence-corrected chi connectivity index (χ2v) is 6.38. The Morgan fingerprint density at radius 3 is 2.56 bits per heavy atom. The molecule has 0 saturated heterocycles. The molecule has 0 aromatic heterocycles. The van der Waals surface area contributed by atoms with Gasteiger partial charge in [0.2, 0.25) is 5.91 Å². The standard InChI is InChI=1S/C19H28N4O4/c1-4-13(5-2)21-18(25)16-11-23(12-17(24)22-19(26)20-6-3)14-9-7-8-10-15(14)27-16/h7-10,13,16H,4-6,11-12H2,1-3H3,(H,21,25)(H2,20,22,24,26). The van der Waals surface area contributed by atoms with E-state index >= 15 is 0 Å². The minimum Gasteiger partial charge on any atom is -0.477 e. The van der Waals surface area contributed by atoms with Gasteiger partial charge in [0.1, 0.15) is 5.75 Å². The number of nitrogens with one attached hydrogen (secondary N) is 3. The molecule has 1 aromatic rings. The maximum Gasteiger partial charge on any atom is 0.321 e. The molecule has 1 aromatic carbocycles. The highest BCUT2D eigenvalue weighted by atomic mass is 16.5. The normalized spacial score (nSPS) is 15.6. The first kappa shape index (κ1) is 20.5. The number of hydrogen-bond donors (Lipinski definition) is 3. The average molecular weight is 376 g/mol. The minimum absolute atomic E-state index is 0.0493. The van der Waals surface area contributed by atoms with Crippen LogP contribution in [0.4, 0.5) is 10.5 Å². The Morgan fingerprint density at radius 1 is 1.19 bits per heavy atom. The van der Waals surface area contributed by atoms with Crippen LogP contribution in [0.5, 0.6) is 5.75 Å². The van der Waals surface area contributed by atoms with Crippen molar-refractivity contribution in [1.82, 2.24) is 16.0 Å². The first-order valence-electron chi connectivity index (χ1n) is 9.37. The summed E-state index contributed by atoms with van der Waals surface area (Å²) >= 11 is 0. The van der Waals surface area contributed by atoms with Crippen LogP contribution in [0.2, 0.25) is 0 Å². The second kappa shape index (κ2) is 9.80. The summed E-state index contributed by atoms with van der Waals surface area (Å²) < 4.78 is 5.85. The molecule has 1 aliphatic heterocycles. The van der Waals surface area contributed by atoms with E-state index in [-0.39, 0.29) is 25.0 Å². The molecule has 1 aliphatic rings. The molecular formula is C19H28N4O4. The summed E-state index contributed by atoms with van der Waals surface area (Å²) in [6.07, 6.45) is 0.951. The molecule has 27 heavy (non-hydrogen) atoms. The Labute approximate surface area is 159 Å². The smallest absolute Gasteiger partial charge is 0.321 e. The number of nitrogens with zero attached hydrogens (tertiary/aromatic N) is 1. The van der Waals surface area contributed by atoms with Crippen LogP contribution in [0.1, 0.15) is 33.6 Å². The number of carbonyl (C=O) groups excluding carboxylic acids is 3. The highest BCUT2D eigenvalue weighted by Crippen LogP contribution is 2.32. The van der Waals surface area contributed by atoms with Gasteiger partial charge in [-0.1, -0.05) is 26.0 Å². The molecule has 0 saturated carbocycles. The zero-order valence-electron chi connectivity index (χ0n) is 16.1. The largest absolute Gasteiger partial charge is 0.477 e. The third kappa shape index (κ3) is 5.60. The number of benzene rings is 1. The van der Waals surface area contributed by atoms with Crippen molar-refractivity contribution in [3.05, 3.63) is 24.3 Å². The van der Waals surface area contributed by atoms with Gasteiger partial charge in [0, 0.05) is 12.6 Å². The van der Waals surface area contributed by atoms with E-state index in [4.69, 9.17) is 4.74 Å². The number of amides is 4. The number of urea groups is 1. The second-order valence-electron chi connectivity index (χ2n) is 6.38. The Hall–Kier alpha value is -2.77. The van der Waals surface area contributed by atoms with Gasteiger partial charge in [0.05, 0.1) is 18.8 Å². The molecule has 8 heteroatoms. The van der Waals surface area contributed by atoms with Crippen molar-refractivity contribution in [3.63, 3.8) is 0 Å². The lowest BCUT2D eigenvalue weighted by Gasteiger charge is -2.35. The predicted octanol–water partition coefficient (Wildman–Crippen LogP) is 1.40. The average Bonchev–Trinajstić information content (AvgIpc) is 2.65. The van der Waals surface area contributed by atoms with Gasteiger partial charge in [0.25, 0.3) is 5.91 Å². The maximum absolute atomic E-state index is 12.6. The van der Waals surface area contributed by atoms with E-state index in [9.17, 15) is 14.4 Å². The number of fused-ring (bicyclic) bond motifs is 1. The highest BCUT2D eigenvalue weighted by molar-refractivity contribution is 5.97. The van der Waals surface area contributed by atoms with E-state index in [0.29, 0.717) is 12.3 Å². The number of para-hydroxylation sites is 2. The van der Waals surface area contributed by atoms with E-state index in [1.807, 2.05) is 32.0 Å². The molecule has 0 radical (unpaired) electrons. The predicted molar refractivity (Wildman–Crippen MR) is 103 cm³/mol. The first-order chi connectivity index (χ1) is 13.0. The maximum atomic E-state index is 12.6. The monoisotopic (exact) mass is 376 g/mol. The number of rotatable bonds is 7. The van der Waals surface area contributed by atoms with Gasteiger partial charge < -0.3 is 20.3 Å². The van der Waals surface area contributed by atoms with Crippen LogP contribution in [0.15, 0.2) is 24.3 Å². The summed E-state index contributed by atoms with van der Waals surface area (Å²) in [4.78, 5) is 38.1. The van der Waals surface area contributed by atoms with Crippen molar-refractivity contribution in [3.8, 4) is 5.75 Å². The fourth-order valence-corrected chi connectivity index (χ4v) is 2.92. The first-order valence-corrected chi connectivity index (χ1v) is 9.37. The number of ether oxygens (including phenoxy) is 1. The molecule has 3 N–H and O–H groups in total. The summed E-state index contributed by atoms with van der Waals surface area (Å²) in [6.45, 7) is 6.41. The van der Waals surface area contributed by atoms with E-state index in [0.717, 1.165) is 18.5 Å². The number of carbonyl (C=O) groups is 3. The molecular weight excluding hydrogens is 348 g/mol. The molecule has 1 heterocycles. The topological polar surface area (TPSA) is 99.8 Å². The number of imide groups is 1. The Morgan fingerprint density at radius 2 is 1.89 bits per heavy atom. The quantitative estimate of drug-likeness (QED) is 0.668. The van der Waals surface area contributed by atoms with Crippen molar-refractivity contribution < 1.29 is 19.1 Å². The van der Waals surface area contributed by atoms with Crippen molar-refractivity contribution in [2.75, 3.05) is 24.5 Å². The SMILES string of the molecule is CCNC(=O)NC(=O)CN1CC(C(=O)NC(CC)CC)Oc2ccccc21. The van der Waals surface area contributed by atoms with Gasteiger partial charge in [-0.05, 0) is 31.9 Å². The summed E-state index contributed by atoms with van der Waals surface area (Å²) in [6, 6.07) is 6.79. The number of hydrogen-bond acceptors (Lipinski definition) is 5. The van der Waals surface area contributed by atoms with Crippen molar-refractivity contribution in [1.29, 1.82) is 0 Å². The molecule has 8 nitrogen and oxygen atoms in total. The molecule has 0 bridgehead atoms. The van der Waals surface area contributed by atoms with Crippen LogP contribution in [0, 0.1) is 0 Å². The Kier molecular flexibility index (Phi) is 7.45. The molecule has 2 rings (SSSR count). The van der Waals surface area contributed by atoms with Gasteiger partial charge in [-0.3, -0.25) is 14.9 Å². The minimum atomic E-state index is -0.724. The van der Waals surface area contributed by atoms with Gasteiger partial charge in [-0.15, -0.1) is 0 Å². The lowest BCUT2D eigenvalue weighted by atomic mass is 10.1. The Balaban J connectivity index is 2.10. The lowest BCUT2D eigenvalue weighted by molar-refractivity contribution is -0.129. The van der Waals surface area contributed by atoms with Gasteiger partial charge >= 0.3 is 6.03 Å². The highest BCUT2D eigenvalue weighted by Gasteiger charge is 2.32.